The number of aliphatic hydroxyl groups excluding tert-OH is 2. The predicted octanol–water partition coefficient (Wildman–Crippen LogP) is 5.56. The number of likely N-dealkylation sites (tertiary alicyclic amines) is 2. The van der Waals surface area contributed by atoms with Crippen molar-refractivity contribution in [3.05, 3.63) is 82.4 Å². The summed E-state index contributed by atoms with van der Waals surface area (Å²) in [7, 11) is 0. The van der Waals surface area contributed by atoms with Crippen LogP contribution in [-0.2, 0) is 16.1 Å². The zero-order chi connectivity index (χ0) is 31.4. The molecule has 2 aromatic rings. The summed E-state index contributed by atoms with van der Waals surface area (Å²) in [6.07, 6.45) is 5.10. The van der Waals surface area contributed by atoms with Gasteiger partial charge < -0.3 is 15.3 Å². The highest BCUT2D eigenvalue weighted by molar-refractivity contribution is 6.06. The van der Waals surface area contributed by atoms with Crippen LogP contribution < -0.4 is 0 Å². The normalized spacial score (nSPS) is 24.4. The maximum Gasteiger partial charge on any atom is 0.234 e. The van der Waals surface area contributed by atoms with Crippen molar-refractivity contribution in [1.29, 1.82) is 0 Å². The summed E-state index contributed by atoms with van der Waals surface area (Å²) in [6.45, 7) is 8.44. The van der Waals surface area contributed by atoms with Crippen LogP contribution in [0.3, 0.4) is 0 Å². The lowest BCUT2D eigenvalue weighted by atomic mass is 9.66. The number of carbonyl (C=O) groups excluding carboxylic acids is 2. The summed E-state index contributed by atoms with van der Waals surface area (Å²) in [5, 5.41) is 32.2. The van der Waals surface area contributed by atoms with Crippen LogP contribution in [0.15, 0.2) is 71.3 Å². The van der Waals surface area contributed by atoms with E-state index in [0.29, 0.717) is 19.3 Å². The highest BCUT2D eigenvalue weighted by Crippen LogP contribution is 2.49. The van der Waals surface area contributed by atoms with E-state index < -0.39 is 23.9 Å². The summed E-state index contributed by atoms with van der Waals surface area (Å²) < 4.78 is 0. The molecule has 2 aliphatic heterocycles. The molecular formula is C37H48N2O5. The average Bonchev–Trinajstić information content (AvgIpc) is 3.27. The van der Waals surface area contributed by atoms with Crippen LogP contribution in [0.2, 0.25) is 0 Å². The molecule has 0 aromatic heterocycles. The lowest BCUT2D eigenvalue weighted by Crippen LogP contribution is -2.47. The first-order valence-electron chi connectivity index (χ1n) is 16.3. The predicted molar refractivity (Wildman–Crippen MR) is 172 cm³/mol. The number of nitrogens with zero attached hydrogens (tertiary/aromatic N) is 2. The molecule has 3 aliphatic rings. The smallest absolute Gasteiger partial charge is 0.234 e. The fourth-order valence-electron chi connectivity index (χ4n) is 7.68. The first kappa shape index (κ1) is 32.1. The number of phenols is 1. The monoisotopic (exact) mass is 600 g/mol. The fourth-order valence-corrected chi connectivity index (χ4v) is 7.68. The molecule has 7 heteroatoms. The number of benzene rings is 2. The van der Waals surface area contributed by atoms with Gasteiger partial charge in [0.25, 0.3) is 0 Å². The largest absolute Gasteiger partial charge is 0.508 e. The topological polar surface area (TPSA) is 101 Å². The Balaban J connectivity index is 1.30. The van der Waals surface area contributed by atoms with Crippen LogP contribution in [0.5, 0.6) is 5.75 Å². The third-order valence-electron chi connectivity index (χ3n) is 10.0. The molecule has 1 aliphatic carbocycles. The van der Waals surface area contributed by atoms with Gasteiger partial charge in [-0.05, 0) is 73.3 Å². The van der Waals surface area contributed by atoms with Crippen LogP contribution in [0, 0.1) is 23.7 Å². The van der Waals surface area contributed by atoms with Crippen molar-refractivity contribution < 1.29 is 24.9 Å². The molecule has 5 rings (SSSR count). The van der Waals surface area contributed by atoms with E-state index in [4.69, 9.17) is 0 Å². The Morgan fingerprint density at radius 1 is 1.02 bits per heavy atom. The van der Waals surface area contributed by atoms with Gasteiger partial charge in [-0.15, -0.1) is 0 Å². The second-order valence-electron chi connectivity index (χ2n) is 13.1. The maximum absolute atomic E-state index is 14.0. The summed E-state index contributed by atoms with van der Waals surface area (Å²) in [4.78, 5) is 31.8. The first-order valence-corrected chi connectivity index (χ1v) is 16.3. The summed E-state index contributed by atoms with van der Waals surface area (Å²) in [6, 6.07) is 17.3. The van der Waals surface area contributed by atoms with Crippen LogP contribution in [0.4, 0.5) is 0 Å². The van der Waals surface area contributed by atoms with Gasteiger partial charge in [0.2, 0.25) is 11.8 Å². The van der Waals surface area contributed by atoms with Gasteiger partial charge in [0.05, 0.1) is 24.5 Å². The molecule has 0 spiro atoms. The lowest BCUT2D eigenvalue weighted by molar-refractivity contribution is -0.144. The highest BCUT2D eigenvalue weighted by atomic mass is 16.3. The average molecular weight is 601 g/mol. The molecule has 7 nitrogen and oxygen atoms in total. The van der Waals surface area contributed by atoms with Gasteiger partial charge in [0, 0.05) is 31.6 Å². The van der Waals surface area contributed by atoms with Gasteiger partial charge in [-0.3, -0.25) is 19.4 Å². The van der Waals surface area contributed by atoms with Crippen molar-refractivity contribution in [2.75, 3.05) is 19.7 Å². The molecule has 0 radical (unpaired) electrons. The SMILES string of the molecule is CC/C(=C\c1cccc(O)c1)CC[C@@H](O)C1=C(C(C)C)C[C@H]2C(=O)N(C3CCN(Cc4ccccc4)CC3)C(=O)[C@H]2[C@H]1CO. The molecule has 4 atom stereocenters. The molecule has 2 saturated heterocycles. The summed E-state index contributed by atoms with van der Waals surface area (Å²) >= 11 is 0. The van der Waals surface area contributed by atoms with Gasteiger partial charge in [0.15, 0.2) is 0 Å². The molecule has 2 heterocycles. The Labute approximate surface area is 261 Å². The minimum Gasteiger partial charge on any atom is -0.508 e. The summed E-state index contributed by atoms with van der Waals surface area (Å²) in [5.74, 6) is -1.66. The lowest BCUT2D eigenvalue weighted by Gasteiger charge is -2.38. The number of fused-ring (bicyclic) bond motifs is 1. The fraction of sp³-hybridized carbons (Fsp3) is 0.514. The number of allylic oxidation sites excluding steroid dienone is 2. The van der Waals surface area contributed by atoms with E-state index in [0.717, 1.165) is 61.2 Å². The molecular weight excluding hydrogens is 552 g/mol. The van der Waals surface area contributed by atoms with Crippen molar-refractivity contribution in [1.82, 2.24) is 9.80 Å². The molecule has 0 unspecified atom stereocenters. The number of carbonyl (C=O) groups is 2. The minimum absolute atomic E-state index is 0.0845. The Hall–Kier alpha value is -3.26. The van der Waals surface area contributed by atoms with Crippen molar-refractivity contribution in [2.45, 2.75) is 78.0 Å². The molecule has 2 amide bonds. The number of imide groups is 1. The standard InChI is InChI=1S/C37H48N2O5/c1-4-25(19-27-11-8-12-29(41)20-27)13-14-33(42)34-30(24(2)3)21-31-35(32(34)23-40)37(44)39(36(31)43)28-15-17-38(18-16-28)22-26-9-6-5-7-10-26/h5-12,19-20,24,28,31-33,35,40-42H,4,13-18,21-23H2,1-3H3/b25-19+/t31-,32+,33-,35-/m1/s1. The quantitative estimate of drug-likeness (QED) is 0.231. The van der Waals surface area contributed by atoms with Crippen LogP contribution in [0.1, 0.15) is 70.4 Å². The van der Waals surface area contributed by atoms with Gasteiger partial charge in [0.1, 0.15) is 5.75 Å². The summed E-state index contributed by atoms with van der Waals surface area (Å²) in [5.41, 5.74) is 5.09. The van der Waals surface area contributed by atoms with Gasteiger partial charge >= 0.3 is 0 Å². The number of aliphatic hydroxyl groups is 2. The van der Waals surface area contributed by atoms with E-state index >= 15 is 0 Å². The number of hydrogen-bond acceptors (Lipinski definition) is 6. The third kappa shape index (κ3) is 6.85. The van der Waals surface area contributed by atoms with Gasteiger partial charge in [-0.25, -0.2) is 0 Å². The van der Waals surface area contributed by atoms with Crippen molar-refractivity contribution >= 4 is 17.9 Å². The molecule has 2 fully saturated rings. The highest BCUT2D eigenvalue weighted by Gasteiger charge is 2.56. The van der Waals surface area contributed by atoms with E-state index in [9.17, 15) is 24.9 Å². The molecule has 3 N–H and O–H groups in total. The molecule has 0 bridgehead atoms. The van der Waals surface area contributed by atoms with E-state index in [2.05, 4.69) is 37.8 Å². The van der Waals surface area contributed by atoms with E-state index in [1.807, 2.05) is 36.4 Å². The van der Waals surface area contributed by atoms with Crippen molar-refractivity contribution in [3.8, 4) is 5.75 Å². The Morgan fingerprint density at radius 2 is 1.75 bits per heavy atom. The number of aromatic hydroxyl groups is 1. The zero-order valence-corrected chi connectivity index (χ0v) is 26.4. The van der Waals surface area contributed by atoms with E-state index in [1.54, 1.807) is 17.0 Å². The van der Waals surface area contributed by atoms with Crippen molar-refractivity contribution in [3.63, 3.8) is 0 Å². The third-order valence-corrected chi connectivity index (χ3v) is 10.0. The van der Waals surface area contributed by atoms with Gasteiger partial charge in [-0.2, -0.15) is 0 Å². The molecule has 0 saturated carbocycles. The van der Waals surface area contributed by atoms with Crippen LogP contribution in [0.25, 0.3) is 6.08 Å². The molecule has 236 valence electrons. The molecule has 44 heavy (non-hydrogen) atoms. The maximum atomic E-state index is 14.0. The molecule has 2 aromatic carbocycles. The Morgan fingerprint density at radius 3 is 2.39 bits per heavy atom. The Kier molecular flexibility index (Phi) is 10.4. The second-order valence-corrected chi connectivity index (χ2v) is 13.1. The van der Waals surface area contributed by atoms with E-state index in [1.165, 1.54) is 5.56 Å². The van der Waals surface area contributed by atoms with Crippen molar-refractivity contribution in [2.24, 2.45) is 23.7 Å². The van der Waals surface area contributed by atoms with E-state index in [-0.39, 0.29) is 36.1 Å². The van der Waals surface area contributed by atoms with Crippen LogP contribution >= 0.6 is 0 Å². The number of amides is 2. The number of rotatable bonds is 11. The first-order chi connectivity index (χ1) is 21.2. The zero-order valence-electron chi connectivity index (χ0n) is 26.4. The Bertz CT molecular complexity index is 1380. The number of phenolic OH excluding ortho intramolecular Hbond substituents is 1. The second kappa shape index (κ2) is 14.2. The van der Waals surface area contributed by atoms with Crippen LogP contribution in [-0.4, -0.2) is 68.8 Å². The minimum atomic E-state index is -0.817. The number of piperidine rings is 1. The van der Waals surface area contributed by atoms with Gasteiger partial charge in [-0.1, -0.05) is 80.5 Å². The number of hydrogen-bond donors (Lipinski definition) is 3.